The standard InChI is InChI=1S/C45H76O15P2/c1-3-5-7-9-11-13-15-16-17-18-19-20-21-22-24-26-28-30-32-34-45(50)56-36-42(47)38-58-62(53,54)60-40-43(48)39-59-61(51,52)57-37-41(46)35-55-44(49)33-31-29-27-25-23-14-12-10-8-6-4-2/h5,7,9,11,13,15-22,24,41-43,46-48H,3-4,6,8,10,12,14,23,25-40H2,1-2H3,(H,51,52)(H,53,54)/b7-5+,11-9+,15-13-,17-16+,19-18+,21-20+,24-22+. The molecule has 0 rings (SSSR count). The van der Waals surface area contributed by atoms with E-state index in [0.717, 1.165) is 44.9 Å². The molecule has 0 aromatic carbocycles. The monoisotopic (exact) mass is 918 g/mol. The van der Waals surface area contributed by atoms with Crippen LogP contribution in [-0.4, -0.2) is 95.0 Å². The molecule has 0 spiro atoms. The van der Waals surface area contributed by atoms with Crippen LogP contribution in [0.3, 0.4) is 0 Å². The number of ether oxygens (including phenoxy) is 2. The van der Waals surface area contributed by atoms with Crippen LogP contribution in [0.4, 0.5) is 0 Å². The van der Waals surface area contributed by atoms with Crippen molar-refractivity contribution in [2.75, 3.05) is 39.6 Å². The van der Waals surface area contributed by atoms with Gasteiger partial charge in [0.15, 0.2) is 0 Å². The Kier molecular flexibility index (Phi) is 39.1. The van der Waals surface area contributed by atoms with E-state index in [1.807, 2.05) is 79.0 Å². The van der Waals surface area contributed by atoms with Gasteiger partial charge in [-0.3, -0.25) is 27.7 Å². The highest BCUT2D eigenvalue weighted by Gasteiger charge is 2.28. The van der Waals surface area contributed by atoms with Gasteiger partial charge in [0.05, 0.1) is 26.4 Å². The lowest BCUT2D eigenvalue weighted by Crippen LogP contribution is -2.25. The van der Waals surface area contributed by atoms with Gasteiger partial charge in [-0.05, 0) is 32.1 Å². The van der Waals surface area contributed by atoms with Crippen LogP contribution >= 0.6 is 15.6 Å². The van der Waals surface area contributed by atoms with Crippen LogP contribution in [0, 0.1) is 0 Å². The normalized spacial score (nSPS) is 16.0. The molecule has 0 heterocycles. The summed E-state index contributed by atoms with van der Waals surface area (Å²) in [5, 5.41) is 29.9. The fourth-order valence-electron chi connectivity index (χ4n) is 5.14. The first kappa shape index (κ1) is 59.2. The number of esters is 2. The predicted molar refractivity (Wildman–Crippen MR) is 242 cm³/mol. The summed E-state index contributed by atoms with van der Waals surface area (Å²) in [5.74, 6) is -1.04. The lowest BCUT2D eigenvalue weighted by molar-refractivity contribution is -0.148. The van der Waals surface area contributed by atoms with Crippen molar-refractivity contribution in [2.45, 2.75) is 148 Å². The van der Waals surface area contributed by atoms with Gasteiger partial charge in [-0.1, -0.05) is 170 Å². The number of carbonyl (C=O) groups excluding carboxylic acids is 2. The smallest absolute Gasteiger partial charge is 0.463 e. The Hall–Kier alpha value is -2.78. The average Bonchev–Trinajstić information content (AvgIpc) is 3.24. The van der Waals surface area contributed by atoms with Gasteiger partial charge in [-0.15, -0.1) is 0 Å². The molecular formula is C45H76O15P2. The molecule has 0 aromatic heterocycles. The van der Waals surface area contributed by atoms with E-state index in [2.05, 4.69) is 38.0 Å². The third-order valence-corrected chi connectivity index (χ3v) is 10.5. The zero-order chi connectivity index (χ0) is 46.0. The number of allylic oxidation sites excluding steroid dienone is 14. The summed E-state index contributed by atoms with van der Waals surface area (Å²) in [6.45, 7) is 0.171. The maximum Gasteiger partial charge on any atom is 0.472 e. The number of carbonyl (C=O) groups is 2. The lowest BCUT2D eigenvalue weighted by Gasteiger charge is -2.19. The summed E-state index contributed by atoms with van der Waals surface area (Å²) in [4.78, 5) is 43.6. The van der Waals surface area contributed by atoms with Crippen LogP contribution in [0.2, 0.25) is 0 Å². The quantitative estimate of drug-likeness (QED) is 0.0167. The lowest BCUT2D eigenvalue weighted by atomic mass is 10.1. The van der Waals surface area contributed by atoms with Crippen LogP contribution in [0.15, 0.2) is 85.1 Å². The Balaban J connectivity index is 4.01. The maximum absolute atomic E-state index is 12.1. The molecule has 17 heteroatoms. The second kappa shape index (κ2) is 41.0. The van der Waals surface area contributed by atoms with E-state index in [9.17, 15) is 43.8 Å². The van der Waals surface area contributed by atoms with E-state index in [-0.39, 0.29) is 12.8 Å². The maximum atomic E-state index is 12.1. The Morgan fingerprint density at radius 3 is 1.11 bits per heavy atom. The molecule has 5 unspecified atom stereocenters. The molecule has 0 radical (unpaired) electrons. The van der Waals surface area contributed by atoms with Gasteiger partial charge in [-0.25, -0.2) is 9.13 Å². The third-order valence-electron chi connectivity index (χ3n) is 8.56. The number of aliphatic hydroxyl groups is 3. The van der Waals surface area contributed by atoms with E-state index < -0.39 is 85.5 Å². The zero-order valence-corrected chi connectivity index (χ0v) is 38.8. The Morgan fingerprint density at radius 1 is 0.435 bits per heavy atom. The van der Waals surface area contributed by atoms with Crippen molar-refractivity contribution in [1.29, 1.82) is 0 Å². The third kappa shape index (κ3) is 42.5. The number of unbranched alkanes of at least 4 members (excludes halogenated alkanes) is 13. The number of phosphoric ester groups is 2. The Morgan fingerprint density at radius 2 is 0.742 bits per heavy atom. The first-order chi connectivity index (χ1) is 29.8. The van der Waals surface area contributed by atoms with Crippen molar-refractivity contribution < 1.29 is 71.4 Å². The van der Waals surface area contributed by atoms with Crippen molar-refractivity contribution in [3.05, 3.63) is 85.1 Å². The van der Waals surface area contributed by atoms with Crippen molar-refractivity contribution in [3.8, 4) is 0 Å². The number of phosphoric acid groups is 2. The zero-order valence-electron chi connectivity index (χ0n) is 37.0. The van der Waals surface area contributed by atoms with Crippen molar-refractivity contribution in [3.63, 3.8) is 0 Å². The highest BCUT2D eigenvalue weighted by Crippen LogP contribution is 2.45. The fraction of sp³-hybridized carbons (Fsp3) is 0.644. The van der Waals surface area contributed by atoms with Crippen molar-refractivity contribution in [1.82, 2.24) is 0 Å². The summed E-state index contributed by atoms with van der Waals surface area (Å²) >= 11 is 0. The molecule has 356 valence electrons. The molecule has 0 aromatic rings. The van der Waals surface area contributed by atoms with Crippen LogP contribution in [0.25, 0.3) is 0 Å². The first-order valence-corrected chi connectivity index (χ1v) is 25.0. The van der Waals surface area contributed by atoms with Gasteiger partial charge in [0.25, 0.3) is 0 Å². The number of aliphatic hydroxyl groups excluding tert-OH is 3. The van der Waals surface area contributed by atoms with E-state index in [0.29, 0.717) is 12.8 Å². The van der Waals surface area contributed by atoms with Crippen molar-refractivity contribution in [2.24, 2.45) is 0 Å². The van der Waals surface area contributed by atoms with Crippen molar-refractivity contribution >= 4 is 27.6 Å². The molecule has 0 aliphatic carbocycles. The number of hydrogen-bond donors (Lipinski definition) is 5. The molecule has 0 fully saturated rings. The highest BCUT2D eigenvalue weighted by molar-refractivity contribution is 7.47. The highest BCUT2D eigenvalue weighted by atomic mass is 31.2. The van der Waals surface area contributed by atoms with Gasteiger partial charge in [0.1, 0.15) is 31.5 Å². The minimum absolute atomic E-state index is 0.139. The second-order valence-electron chi connectivity index (χ2n) is 14.5. The molecule has 0 aliphatic rings. The van der Waals surface area contributed by atoms with E-state index in [4.69, 9.17) is 9.47 Å². The second-order valence-corrected chi connectivity index (χ2v) is 17.4. The number of rotatable bonds is 41. The number of hydrogen-bond acceptors (Lipinski definition) is 13. The summed E-state index contributed by atoms with van der Waals surface area (Å²) in [5.41, 5.74) is 0. The first-order valence-electron chi connectivity index (χ1n) is 22.0. The van der Waals surface area contributed by atoms with E-state index in [1.165, 1.54) is 44.9 Å². The van der Waals surface area contributed by atoms with Gasteiger partial charge in [0, 0.05) is 12.8 Å². The molecule has 5 N–H and O–H groups in total. The molecule has 0 saturated heterocycles. The van der Waals surface area contributed by atoms with Gasteiger partial charge in [0.2, 0.25) is 0 Å². The molecular weight excluding hydrogens is 842 g/mol. The van der Waals surface area contributed by atoms with Crippen LogP contribution in [0.5, 0.6) is 0 Å². The van der Waals surface area contributed by atoms with Gasteiger partial charge >= 0.3 is 27.6 Å². The van der Waals surface area contributed by atoms with Crippen LogP contribution in [-0.2, 0) is 46.3 Å². The Bertz CT molecular complexity index is 1440. The molecule has 15 nitrogen and oxygen atoms in total. The topological polar surface area (TPSA) is 225 Å². The molecule has 0 aliphatic heterocycles. The van der Waals surface area contributed by atoms with Gasteiger partial charge < -0.3 is 34.6 Å². The van der Waals surface area contributed by atoms with Crippen LogP contribution < -0.4 is 0 Å². The molecule has 62 heavy (non-hydrogen) atoms. The molecule has 5 atom stereocenters. The molecule has 0 amide bonds. The average molecular weight is 919 g/mol. The summed E-state index contributed by atoms with van der Waals surface area (Å²) in [6, 6.07) is 0. The SMILES string of the molecule is CC/C=C/C=C/C=C\C=C\C=C\C=C\C=C\CCCCCC(=O)OCC(O)COP(=O)(O)OCC(O)COP(=O)(O)OCC(O)COC(=O)CCCCCCCCCCCCC. The fourth-order valence-corrected chi connectivity index (χ4v) is 6.73. The molecule has 0 saturated carbocycles. The summed E-state index contributed by atoms with van der Waals surface area (Å²) < 4.78 is 52.8. The Labute approximate surface area is 370 Å². The largest absolute Gasteiger partial charge is 0.472 e. The minimum Gasteiger partial charge on any atom is -0.463 e. The van der Waals surface area contributed by atoms with Crippen LogP contribution in [0.1, 0.15) is 129 Å². The molecule has 0 bridgehead atoms. The summed E-state index contributed by atoms with van der Waals surface area (Å²) in [6.07, 6.45) is 40.1. The van der Waals surface area contributed by atoms with E-state index in [1.54, 1.807) is 0 Å². The predicted octanol–water partition coefficient (Wildman–Crippen LogP) is 9.38. The van der Waals surface area contributed by atoms with Gasteiger partial charge in [-0.2, -0.15) is 0 Å². The summed E-state index contributed by atoms with van der Waals surface area (Å²) in [7, 11) is -9.58. The van der Waals surface area contributed by atoms with E-state index >= 15 is 0 Å². The minimum atomic E-state index is -4.80.